The van der Waals surface area contributed by atoms with Crippen LogP contribution in [0.1, 0.15) is 46.6 Å². The Morgan fingerprint density at radius 2 is 1.35 bits per heavy atom. The van der Waals surface area contributed by atoms with Crippen molar-refractivity contribution in [1.29, 1.82) is 0 Å². The molecule has 0 atom stereocenters. The van der Waals surface area contributed by atoms with Crippen molar-refractivity contribution in [3.63, 3.8) is 0 Å². The molecule has 0 aliphatic heterocycles. The Morgan fingerprint density at radius 3 is 1.71 bits per heavy atom. The zero-order chi connectivity index (χ0) is 13.7. The van der Waals surface area contributed by atoms with Gasteiger partial charge in [0.2, 0.25) is 0 Å². The summed E-state index contributed by atoms with van der Waals surface area (Å²) < 4.78 is 0. The van der Waals surface area contributed by atoms with Gasteiger partial charge in [-0.05, 0) is 34.9 Å². The number of aromatic hydroxyl groups is 1. The van der Waals surface area contributed by atoms with Crippen molar-refractivity contribution < 1.29 is 5.11 Å². The molecule has 0 aliphatic rings. The molecule has 0 amide bonds. The number of phenols is 1. The van der Waals surface area contributed by atoms with Crippen molar-refractivity contribution >= 4 is 0 Å². The highest BCUT2D eigenvalue weighted by atomic mass is 16.3. The molecular weight excluding hydrogens is 208 g/mol. The molecule has 1 rings (SSSR count). The van der Waals surface area contributed by atoms with Crippen LogP contribution in [0.2, 0.25) is 0 Å². The van der Waals surface area contributed by atoms with E-state index >= 15 is 0 Å². The highest BCUT2D eigenvalue weighted by Crippen LogP contribution is 2.36. The fraction of sp³-hybridized carbons (Fsp3) is 0.500. The Balaban J connectivity index is 0.00000121. The van der Waals surface area contributed by atoms with Gasteiger partial charge < -0.3 is 5.11 Å². The number of rotatable bonds is 2. The molecule has 0 bridgehead atoms. The second-order valence-corrected chi connectivity index (χ2v) is 6.17. The van der Waals surface area contributed by atoms with Crippen LogP contribution in [0.5, 0.6) is 5.75 Å². The minimum absolute atomic E-state index is 0.159. The third kappa shape index (κ3) is 5.58. The van der Waals surface area contributed by atoms with E-state index in [4.69, 9.17) is 0 Å². The van der Waals surface area contributed by atoms with Crippen LogP contribution in [0.4, 0.5) is 0 Å². The number of phenolic OH excluding ortho intramolecular Hbond substituents is 1. The second-order valence-electron chi connectivity index (χ2n) is 6.17. The van der Waals surface area contributed by atoms with Crippen LogP contribution in [-0.4, -0.2) is 5.11 Å². The van der Waals surface area contributed by atoms with Gasteiger partial charge in [-0.25, -0.2) is 0 Å². The number of benzene rings is 1. The van der Waals surface area contributed by atoms with E-state index in [0.29, 0.717) is 11.2 Å². The molecule has 17 heavy (non-hydrogen) atoms. The first-order chi connectivity index (χ1) is 7.71. The first-order valence-corrected chi connectivity index (χ1v) is 6.00. The Labute approximate surface area is 106 Å². The summed E-state index contributed by atoms with van der Waals surface area (Å²) in [5.74, 6) is 0.338. The molecule has 0 heterocycles. The normalized spacial score (nSPS) is 11.6. The molecule has 0 radical (unpaired) electrons. The second kappa shape index (κ2) is 5.90. The van der Waals surface area contributed by atoms with Gasteiger partial charge in [-0.1, -0.05) is 46.8 Å². The van der Waals surface area contributed by atoms with E-state index in [1.807, 2.05) is 12.1 Å². The van der Waals surface area contributed by atoms with Gasteiger partial charge in [0, 0.05) is 0 Å². The molecule has 1 aromatic rings. The molecule has 0 aliphatic carbocycles. The van der Waals surface area contributed by atoms with Crippen LogP contribution in [0.3, 0.4) is 0 Å². The molecule has 0 fully saturated rings. The predicted octanol–water partition coefficient (Wildman–Crippen LogP) is 4.91. The van der Waals surface area contributed by atoms with E-state index in [-0.39, 0.29) is 5.41 Å². The molecule has 0 aromatic heterocycles. The van der Waals surface area contributed by atoms with Gasteiger partial charge in [0.05, 0.1) is 0 Å². The largest absolute Gasteiger partial charge is 0.508 e. The molecular formula is C16H26O. The smallest absolute Gasteiger partial charge is 0.115 e. The van der Waals surface area contributed by atoms with Gasteiger partial charge in [-0.15, -0.1) is 13.2 Å². The molecule has 0 saturated heterocycles. The van der Waals surface area contributed by atoms with Crippen LogP contribution in [0, 0.1) is 5.41 Å². The monoisotopic (exact) mass is 234 g/mol. The third-order valence-corrected chi connectivity index (χ3v) is 2.62. The molecule has 96 valence electrons. The van der Waals surface area contributed by atoms with Crippen molar-refractivity contribution in [2.75, 3.05) is 0 Å². The Hall–Kier alpha value is -1.24. The van der Waals surface area contributed by atoms with Gasteiger partial charge in [0.15, 0.2) is 0 Å². The summed E-state index contributed by atoms with van der Waals surface area (Å²) in [5, 5.41) is 9.25. The fourth-order valence-corrected chi connectivity index (χ4v) is 2.34. The average Bonchev–Trinajstić information content (AvgIpc) is 2.18. The summed E-state index contributed by atoms with van der Waals surface area (Å²) in [6.07, 6.45) is 1.13. The van der Waals surface area contributed by atoms with Gasteiger partial charge in [-0.2, -0.15) is 0 Å². The van der Waals surface area contributed by atoms with Crippen LogP contribution in [0.25, 0.3) is 0 Å². The minimum atomic E-state index is 0.159. The van der Waals surface area contributed by atoms with Crippen LogP contribution >= 0.6 is 0 Å². The zero-order valence-electron chi connectivity index (χ0n) is 11.9. The Kier molecular flexibility index (Phi) is 5.47. The lowest BCUT2D eigenvalue weighted by Gasteiger charge is -2.33. The molecule has 1 nitrogen and oxygen atoms in total. The van der Waals surface area contributed by atoms with Gasteiger partial charge in [0.1, 0.15) is 5.75 Å². The van der Waals surface area contributed by atoms with E-state index in [2.05, 4.69) is 47.8 Å². The summed E-state index contributed by atoms with van der Waals surface area (Å²) in [5.41, 5.74) is 1.77. The van der Waals surface area contributed by atoms with E-state index in [1.165, 1.54) is 5.56 Å². The lowest BCUT2D eigenvalue weighted by Crippen LogP contribution is -2.24. The lowest BCUT2D eigenvalue weighted by molar-refractivity contribution is 0.284. The molecule has 1 aromatic carbocycles. The maximum Gasteiger partial charge on any atom is 0.115 e. The average molecular weight is 234 g/mol. The number of hydrogen-bond acceptors (Lipinski definition) is 1. The first kappa shape index (κ1) is 15.8. The van der Waals surface area contributed by atoms with Crippen molar-refractivity contribution in [2.45, 2.75) is 46.5 Å². The molecule has 1 N–H and O–H groups in total. The lowest BCUT2D eigenvalue weighted by atomic mass is 9.72. The van der Waals surface area contributed by atoms with Gasteiger partial charge >= 0.3 is 0 Å². The van der Waals surface area contributed by atoms with E-state index < -0.39 is 0 Å². The van der Waals surface area contributed by atoms with Crippen molar-refractivity contribution in [3.8, 4) is 5.75 Å². The Bertz CT molecular complexity index is 328. The summed E-state index contributed by atoms with van der Waals surface area (Å²) >= 11 is 0. The van der Waals surface area contributed by atoms with E-state index in [1.54, 1.807) is 12.1 Å². The highest BCUT2D eigenvalue weighted by Gasteiger charge is 2.26. The fourth-order valence-electron chi connectivity index (χ4n) is 2.34. The maximum atomic E-state index is 9.25. The van der Waals surface area contributed by atoms with Crippen molar-refractivity contribution in [3.05, 3.63) is 43.0 Å². The van der Waals surface area contributed by atoms with Gasteiger partial charge in [0.25, 0.3) is 0 Å². The molecule has 0 unspecified atom stereocenters. The third-order valence-electron chi connectivity index (χ3n) is 2.62. The summed E-state index contributed by atoms with van der Waals surface area (Å²) in [7, 11) is 0. The predicted molar refractivity (Wildman–Crippen MR) is 76.5 cm³/mol. The van der Waals surface area contributed by atoms with E-state index in [9.17, 15) is 5.11 Å². The quantitative estimate of drug-likeness (QED) is 0.721. The standard InChI is InChI=1S/C14H22O.C2H4/c1-13(2,3)10-14(4,5)11-6-8-12(15)9-7-11;1-2/h6-9,15H,10H2,1-5H3;1-2H2. The highest BCUT2D eigenvalue weighted by molar-refractivity contribution is 5.30. The molecule has 1 heteroatoms. The topological polar surface area (TPSA) is 20.2 Å². The number of hydrogen-bond donors (Lipinski definition) is 1. The molecule has 0 saturated carbocycles. The maximum absolute atomic E-state index is 9.25. The SMILES string of the molecule is C=C.CC(C)(C)CC(C)(C)c1ccc(O)cc1. The van der Waals surface area contributed by atoms with Crippen LogP contribution in [-0.2, 0) is 5.41 Å². The first-order valence-electron chi connectivity index (χ1n) is 6.00. The van der Waals surface area contributed by atoms with Crippen molar-refractivity contribution in [2.24, 2.45) is 5.41 Å². The van der Waals surface area contributed by atoms with Crippen molar-refractivity contribution in [1.82, 2.24) is 0 Å². The van der Waals surface area contributed by atoms with E-state index in [0.717, 1.165) is 6.42 Å². The van der Waals surface area contributed by atoms with Gasteiger partial charge in [-0.3, -0.25) is 0 Å². The molecule has 0 spiro atoms. The zero-order valence-corrected chi connectivity index (χ0v) is 11.9. The van der Waals surface area contributed by atoms with Crippen LogP contribution in [0.15, 0.2) is 37.4 Å². The van der Waals surface area contributed by atoms with Crippen LogP contribution < -0.4 is 0 Å². The minimum Gasteiger partial charge on any atom is -0.508 e. The summed E-state index contributed by atoms with van der Waals surface area (Å²) in [4.78, 5) is 0. The summed E-state index contributed by atoms with van der Waals surface area (Å²) in [6.45, 7) is 17.3. The summed E-state index contributed by atoms with van der Waals surface area (Å²) in [6, 6.07) is 7.56. The Morgan fingerprint density at radius 1 is 0.941 bits per heavy atom.